The van der Waals surface area contributed by atoms with Crippen LogP contribution in [0.4, 0.5) is 0 Å². The van der Waals surface area contributed by atoms with Gasteiger partial charge in [0.25, 0.3) is 0 Å². The van der Waals surface area contributed by atoms with Crippen LogP contribution in [0.5, 0.6) is 0 Å². The van der Waals surface area contributed by atoms with E-state index in [2.05, 4.69) is 34.4 Å². The molecular weight excluding hydrogens is 204 g/mol. The van der Waals surface area contributed by atoms with Gasteiger partial charge in [0.15, 0.2) is 10.2 Å². The molecule has 0 radical (unpaired) electrons. The molecule has 0 spiro atoms. The second-order valence-electron chi connectivity index (χ2n) is 2.55. The van der Waals surface area contributed by atoms with Crippen LogP contribution in [0, 0.1) is 0 Å². The minimum absolute atomic E-state index is 0.126. The Morgan fingerprint density at radius 2 is 1.31 bits per heavy atom. The Kier molecular flexibility index (Phi) is 5.33. The first-order valence-corrected chi connectivity index (χ1v) is 4.40. The molecule has 0 unspecified atom stereocenters. The van der Waals surface area contributed by atoms with Crippen molar-refractivity contribution < 1.29 is 0 Å². The first-order chi connectivity index (χ1) is 5.91. The minimum atomic E-state index is 0.126. The number of rotatable bonds is 2. The molecule has 0 atom stereocenters. The second-order valence-corrected chi connectivity index (χ2v) is 3.38. The molecule has 0 aliphatic rings. The smallest absolute Gasteiger partial charge is 0.189 e. The molecule has 0 aromatic rings. The van der Waals surface area contributed by atoms with Crippen LogP contribution in [-0.2, 0) is 0 Å². The summed E-state index contributed by atoms with van der Waals surface area (Å²) >= 11 is 9.22. The maximum Gasteiger partial charge on any atom is 0.189 e. The predicted octanol–water partition coefficient (Wildman–Crippen LogP) is 0.786. The van der Waals surface area contributed by atoms with Crippen LogP contribution in [0.25, 0.3) is 0 Å². The normalized spacial score (nSPS) is 12.8. The predicted molar refractivity (Wildman–Crippen MR) is 64.4 cm³/mol. The maximum absolute atomic E-state index is 5.22. The fourth-order valence-corrected chi connectivity index (χ4v) is 1.14. The Bertz CT molecular complexity index is 252. The molecule has 4 N–H and O–H groups in total. The van der Waals surface area contributed by atoms with Gasteiger partial charge in [-0.1, -0.05) is 0 Å². The van der Waals surface area contributed by atoms with Gasteiger partial charge in [0.1, 0.15) is 0 Å². The van der Waals surface area contributed by atoms with Gasteiger partial charge < -0.3 is 11.5 Å². The summed E-state index contributed by atoms with van der Waals surface area (Å²) in [4.78, 5) is 7.77. The number of hydrogen-bond acceptors (Lipinski definition) is 2. The minimum Gasteiger partial charge on any atom is -0.374 e. The summed E-state index contributed by atoms with van der Waals surface area (Å²) in [6, 6.07) is 0. The van der Waals surface area contributed by atoms with E-state index in [1.807, 2.05) is 13.8 Å². The molecule has 0 aliphatic carbocycles. The summed E-state index contributed by atoms with van der Waals surface area (Å²) in [7, 11) is 0. The highest BCUT2D eigenvalue weighted by Crippen LogP contribution is 1.91. The highest BCUT2D eigenvalue weighted by Gasteiger charge is 1.96. The zero-order valence-corrected chi connectivity index (χ0v) is 9.21. The lowest BCUT2D eigenvalue weighted by molar-refractivity contribution is 1.41. The van der Waals surface area contributed by atoms with Crippen LogP contribution in [0.2, 0.25) is 0 Å². The molecule has 0 rings (SSSR count). The van der Waals surface area contributed by atoms with Crippen LogP contribution in [0.1, 0.15) is 20.3 Å². The third-order valence-electron chi connectivity index (χ3n) is 1.11. The van der Waals surface area contributed by atoms with Gasteiger partial charge in [0, 0.05) is 17.8 Å². The summed E-state index contributed by atoms with van der Waals surface area (Å²) in [6.45, 7) is 3.63. The Hall–Kier alpha value is -0.880. The fraction of sp³-hybridized carbons (Fsp3) is 0.429. The van der Waals surface area contributed by atoms with Crippen molar-refractivity contribution in [2.24, 2.45) is 21.5 Å². The third-order valence-corrected chi connectivity index (χ3v) is 1.30. The van der Waals surface area contributed by atoms with Crippen molar-refractivity contribution in [1.29, 1.82) is 0 Å². The first-order valence-electron chi connectivity index (χ1n) is 3.59. The molecule has 0 bridgehead atoms. The van der Waals surface area contributed by atoms with Crippen molar-refractivity contribution >= 4 is 46.1 Å². The number of aliphatic imine (C=N–C) groups is 2. The average Bonchev–Trinajstić information content (AvgIpc) is 1.80. The summed E-state index contributed by atoms with van der Waals surface area (Å²) < 4.78 is 0. The van der Waals surface area contributed by atoms with Crippen molar-refractivity contribution in [3.05, 3.63) is 0 Å². The fourth-order valence-electron chi connectivity index (χ4n) is 0.826. The highest BCUT2D eigenvalue weighted by molar-refractivity contribution is 7.80. The number of nitrogens with zero attached hydrogens (tertiary/aromatic N) is 2. The van der Waals surface area contributed by atoms with E-state index in [0.717, 1.165) is 11.4 Å². The van der Waals surface area contributed by atoms with Crippen LogP contribution >= 0.6 is 24.4 Å². The Labute approximate surface area is 88.1 Å². The van der Waals surface area contributed by atoms with Crippen molar-refractivity contribution in [1.82, 2.24) is 0 Å². The van der Waals surface area contributed by atoms with Crippen molar-refractivity contribution in [2.45, 2.75) is 20.3 Å². The Morgan fingerprint density at radius 1 is 1.00 bits per heavy atom. The van der Waals surface area contributed by atoms with E-state index in [1.54, 1.807) is 0 Å². The molecule has 13 heavy (non-hydrogen) atoms. The van der Waals surface area contributed by atoms with Crippen LogP contribution in [0.15, 0.2) is 9.98 Å². The lowest BCUT2D eigenvalue weighted by Crippen LogP contribution is -2.12. The molecule has 72 valence electrons. The molecule has 0 saturated carbocycles. The third kappa shape index (κ3) is 7.48. The topological polar surface area (TPSA) is 76.8 Å². The molecule has 0 saturated heterocycles. The van der Waals surface area contributed by atoms with Gasteiger partial charge in [-0.3, -0.25) is 0 Å². The van der Waals surface area contributed by atoms with Crippen LogP contribution < -0.4 is 11.5 Å². The monoisotopic (exact) mass is 216 g/mol. The largest absolute Gasteiger partial charge is 0.374 e. The van der Waals surface area contributed by atoms with E-state index >= 15 is 0 Å². The van der Waals surface area contributed by atoms with Crippen LogP contribution in [0.3, 0.4) is 0 Å². The van der Waals surface area contributed by atoms with Crippen molar-refractivity contribution in [2.75, 3.05) is 0 Å². The lowest BCUT2D eigenvalue weighted by atomic mass is 10.2. The average molecular weight is 216 g/mol. The molecule has 0 aromatic heterocycles. The maximum atomic E-state index is 5.22. The van der Waals surface area contributed by atoms with Crippen molar-refractivity contribution in [3.63, 3.8) is 0 Å². The summed E-state index contributed by atoms with van der Waals surface area (Å²) in [5.74, 6) is 0. The Balaban J connectivity index is 4.29. The molecule has 0 fully saturated rings. The zero-order valence-electron chi connectivity index (χ0n) is 7.57. The van der Waals surface area contributed by atoms with Gasteiger partial charge in [-0.05, 0) is 38.3 Å². The molecule has 0 heterocycles. The quantitative estimate of drug-likeness (QED) is 0.528. The standard InChI is InChI=1S/C7H12N4S2/c1-4(10-6(8)12)3-5(2)11-7(9)13/h3H2,1-2H3,(H2,8,12)(H2,9,13)/b10-4+,11-5+. The molecule has 0 aliphatic heterocycles. The second kappa shape index (κ2) is 5.71. The molecule has 0 aromatic carbocycles. The first kappa shape index (κ1) is 12.1. The van der Waals surface area contributed by atoms with Gasteiger partial charge in [-0.15, -0.1) is 0 Å². The van der Waals surface area contributed by atoms with E-state index in [1.165, 1.54) is 0 Å². The summed E-state index contributed by atoms with van der Waals surface area (Å²) in [6.07, 6.45) is 0.578. The number of nitrogens with two attached hydrogens (primary N) is 2. The molecule has 4 nitrogen and oxygen atoms in total. The zero-order chi connectivity index (χ0) is 10.4. The van der Waals surface area contributed by atoms with Gasteiger partial charge >= 0.3 is 0 Å². The number of thiocarbonyl (C=S) groups is 2. The van der Waals surface area contributed by atoms with E-state index < -0.39 is 0 Å². The Morgan fingerprint density at radius 3 is 1.54 bits per heavy atom. The van der Waals surface area contributed by atoms with Crippen molar-refractivity contribution in [3.8, 4) is 0 Å². The summed E-state index contributed by atoms with van der Waals surface area (Å²) in [5.41, 5.74) is 12.0. The van der Waals surface area contributed by atoms with E-state index in [-0.39, 0.29) is 10.2 Å². The van der Waals surface area contributed by atoms with Gasteiger partial charge in [-0.25, -0.2) is 9.98 Å². The van der Waals surface area contributed by atoms with E-state index in [0.29, 0.717) is 6.42 Å². The number of hydrogen-bond donors (Lipinski definition) is 2. The highest BCUT2D eigenvalue weighted by atomic mass is 32.1. The summed E-state index contributed by atoms with van der Waals surface area (Å²) in [5, 5.41) is 0.251. The molecule has 0 amide bonds. The SMILES string of the molecule is C/C(C/C(C)=N/C(N)=S)=N\C(N)=S. The van der Waals surface area contributed by atoms with Crippen LogP contribution in [-0.4, -0.2) is 21.6 Å². The van der Waals surface area contributed by atoms with E-state index in [4.69, 9.17) is 11.5 Å². The van der Waals surface area contributed by atoms with E-state index in [9.17, 15) is 0 Å². The lowest BCUT2D eigenvalue weighted by Gasteiger charge is -1.99. The van der Waals surface area contributed by atoms with Gasteiger partial charge in [0.05, 0.1) is 0 Å². The molecule has 6 heteroatoms. The van der Waals surface area contributed by atoms with Gasteiger partial charge in [0.2, 0.25) is 0 Å². The molecular formula is C7H12N4S2. The van der Waals surface area contributed by atoms with Gasteiger partial charge in [-0.2, -0.15) is 0 Å².